The van der Waals surface area contributed by atoms with Crippen LogP contribution in [-0.4, -0.2) is 72.3 Å². The zero-order valence-corrected chi connectivity index (χ0v) is 18.4. The number of amides is 1. The number of hydrogen-bond donors (Lipinski definition) is 1. The summed E-state index contributed by atoms with van der Waals surface area (Å²) in [5, 5.41) is 6.83. The largest absolute Gasteiger partial charge is 0.492 e. The zero-order chi connectivity index (χ0) is 22.2. The quantitative estimate of drug-likeness (QED) is 0.767. The molecule has 1 aromatic heterocycles. The number of aryl methyl sites for hydroxylation is 1. The molecule has 31 heavy (non-hydrogen) atoms. The van der Waals surface area contributed by atoms with Crippen molar-refractivity contribution in [3.05, 3.63) is 41.7 Å². The van der Waals surface area contributed by atoms with Gasteiger partial charge in [-0.2, -0.15) is 9.40 Å². The number of hydrogen-bond acceptors (Lipinski definition) is 6. The summed E-state index contributed by atoms with van der Waals surface area (Å²) in [6.07, 6.45) is 1.13. The lowest BCUT2D eigenvalue weighted by molar-refractivity contribution is -0.117. The van der Waals surface area contributed by atoms with E-state index in [0.29, 0.717) is 44.0 Å². The van der Waals surface area contributed by atoms with E-state index in [2.05, 4.69) is 10.2 Å². The minimum absolute atomic E-state index is 0.0765. The highest BCUT2D eigenvalue weighted by molar-refractivity contribution is 7.89. The van der Waals surface area contributed by atoms with Gasteiger partial charge in [-0.25, -0.2) is 8.42 Å². The normalized spacial score (nSPS) is 20.4. The van der Waals surface area contributed by atoms with Gasteiger partial charge in [0, 0.05) is 30.7 Å². The number of nitrogens with one attached hydrogen (secondary N) is 1. The van der Waals surface area contributed by atoms with Crippen LogP contribution >= 0.6 is 0 Å². The molecule has 3 heterocycles. The number of aromatic nitrogens is 2. The number of carbonyl (C=O) groups excluding carboxylic acids is 2. The molecule has 166 valence electrons. The van der Waals surface area contributed by atoms with Gasteiger partial charge in [-0.15, -0.1) is 0 Å². The first kappa shape index (κ1) is 21.5. The summed E-state index contributed by atoms with van der Waals surface area (Å²) in [5.74, 6) is -0.0793. The molecule has 1 N–H and O–H groups in total. The van der Waals surface area contributed by atoms with Crippen LogP contribution in [0.5, 0.6) is 5.75 Å². The third-order valence-corrected chi connectivity index (χ3v) is 7.78. The van der Waals surface area contributed by atoms with E-state index in [1.54, 1.807) is 29.2 Å². The predicted molar refractivity (Wildman–Crippen MR) is 112 cm³/mol. The average Bonchev–Trinajstić information content (AvgIpc) is 3.17. The molecule has 1 spiro atoms. The van der Waals surface area contributed by atoms with Crippen molar-refractivity contribution in [2.75, 3.05) is 32.8 Å². The minimum Gasteiger partial charge on any atom is -0.492 e. The Bertz CT molecular complexity index is 1100. The predicted octanol–water partition coefficient (Wildman–Crippen LogP) is 1.61. The Morgan fingerprint density at radius 1 is 1.23 bits per heavy atom. The van der Waals surface area contributed by atoms with Crippen molar-refractivity contribution >= 4 is 21.7 Å². The zero-order valence-electron chi connectivity index (χ0n) is 17.6. The van der Waals surface area contributed by atoms with E-state index in [-0.39, 0.29) is 29.7 Å². The van der Waals surface area contributed by atoms with Crippen LogP contribution in [0.4, 0.5) is 0 Å². The van der Waals surface area contributed by atoms with Gasteiger partial charge < -0.3 is 9.64 Å². The van der Waals surface area contributed by atoms with Crippen LogP contribution in [0.2, 0.25) is 0 Å². The number of sulfonamides is 1. The maximum absolute atomic E-state index is 13.3. The van der Waals surface area contributed by atoms with Gasteiger partial charge in [-0.3, -0.25) is 14.7 Å². The summed E-state index contributed by atoms with van der Waals surface area (Å²) in [6.45, 7) is 4.45. The molecule has 0 saturated carbocycles. The van der Waals surface area contributed by atoms with E-state index in [1.165, 1.54) is 17.3 Å². The summed E-state index contributed by atoms with van der Waals surface area (Å²) in [7, 11) is -3.89. The number of H-pyrrole nitrogens is 1. The Hall–Kier alpha value is -2.72. The van der Waals surface area contributed by atoms with Crippen LogP contribution < -0.4 is 4.74 Å². The standard InChI is InChI=1S/C21H26N4O5S/c1-15-11-17(23-22-15)20(27)24-9-7-21(8-10-24)13-25(12-16(2)26)31(28,29)19-6-4-3-5-18(19)30-14-21/h3-6,11H,7-10,12-14H2,1-2H3,(H,22,23). The fourth-order valence-electron chi connectivity index (χ4n) is 4.22. The lowest BCUT2D eigenvalue weighted by Gasteiger charge is -2.44. The first-order valence-corrected chi connectivity index (χ1v) is 11.7. The Kier molecular flexibility index (Phi) is 5.61. The van der Waals surface area contributed by atoms with E-state index in [4.69, 9.17) is 4.74 Å². The van der Waals surface area contributed by atoms with Crippen molar-refractivity contribution in [3.8, 4) is 5.75 Å². The van der Waals surface area contributed by atoms with Gasteiger partial charge in [0.25, 0.3) is 5.91 Å². The fourth-order valence-corrected chi connectivity index (χ4v) is 5.93. The number of para-hydroxylation sites is 1. The summed E-state index contributed by atoms with van der Waals surface area (Å²) < 4.78 is 33.9. The molecule has 1 fully saturated rings. The average molecular weight is 447 g/mol. The van der Waals surface area contributed by atoms with Crippen LogP contribution in [0.25, 0.3) is 0 Å². The number of piperidine rings is 1. The van der Waals surface area contributed by atoms with Gasteiger partial charge in [-0.1, -0.05) is 12.1 Å². The van der Waals surface area contributed by atoms with Crippen molar-refractivity contribution in [1.29, 1.82) is 0 Å². The van der Waals surface area contributed by atoms with Crippen molar-refractivity contribution in [3.63, 3.8) is 0 Å². The first-order valence-electron chi connectivity index (χ1n) is 10.2. The summed E-state index contributed by atoms with van der Waals surface area (Å²) in [5.41, 5.74) is 0.694. The number of likely N-dealkylation sites (tertiary alicyclic amines) is 1. The topological polar surface area (TPSA) is 113 Å². The molecule has 9 nitrogen and oxygen atoms in total. The van der Waals surface area contributed by atoms with Gasteiger partial charge in [0.2, 0.25) is 10.0 Å². The number of ketones is 1. The van der Waals surface area contributed by atoms with Crippen LogP contribution in [0.1, 0.15) is 35.9 Å². The number of Topliss-reactive ketones (excluding diaryl/α,β-unsaturated/α-hetero) is 1. The number of nitrogens with zero attached hydrogens (tertiary/aromatic N) is 3. The summed E-state index contributed by atoms with van der Waals surface area (Å²) in [6, 6.07) is 8.22. The lowest BCUT2D eigenvalue weighted by atomic mass is 9.78. The molecular formula is C21H26N4O5S. The Morgan fingerprint density at radius 3 is 2.58 bits per heavy atom. The highest BCUT2D eigenvalue weighted by Crippen LogP contribution is 2.39. The maximum atomic E-state index is 13.3. The molecule has 2 aromatic rings. The second kappa shape index (κ2) is 8.08. The van der Waals surface area contributed by atoms with Crippen molar-refractivity contribution < 1.29 is 22.7 Å². The fraction of sp³-hybridized carbons (Fsp3) is 0.476. The van der Waals surface area contributed by atoms with Crippen molar-refractivity contribution in [1.82, 2.24) is 19.4 Å². The van der Waals surface area contributed by atoms with Gasteiger partial charge >= 0.3 is 0 Å². The number of benzene rings is 1. The van der Waals surface area contributed by atoms with Gasteiger partial charge in [0.05, 0.1) is 13.2 Å². The smallest absolute Gasteiger partial charge is 0.274 e. The van der Waals surface area contributed by atoms with E-state index < -0.39 is 15.4 Å². The number of rotatable bonds is 3. The van der Waals surface area contributed by atoms with Crippen LogP contribution in [0, 0.1) is 12.3 Å². The van der Waals surface area contributed by atoms with E-state index >= 15 is 0 Å². The molecule has 10 heteroatoms. The number of fused-ring (bicyclic) bond motifs is 1. The highest BCUT2D eigenvalue weighted by atomic mass is 32.2. The molecule has 0 bridgehead atoms. The molecule has 1 saturated heterocycles. The van der Waals surface area contributed by atoms with E-state index in [1.807, 2.05) is 6.92 Å². The molecule has 0 aliphatic carbocycles. The third-order valence-electron chi connectivity index (χ3n) is 5.95. The van der Waals surface area contributed by atoms with E-state index in [9.17, 15) is 18.0 Å². The van der Waals surface area contributed by atoms with Crippen LogP contribution in [0.15, 0.2) is 35.2 Å². The molecule has 1 amide bonds. The number of carbonyl (C=O) groups is 2. The second-order valence-corrected chi connectivity index (χ2v) is 10.3. The van der Waals surface area contributed by atoms with Gasteiger partial charge in [-0.05, 0) is 44.9 Å². The van der Waals surface area contributed by atoms with E-state index in [0.717, 1.165) is 5.69 Å². The molecule has 4 rings (SSSR count). The van der Waals surface area contributed by atoms with Gasteiger partial charge in [0.1, 0.15) is 22.1 Å². The summed E-state index contributed by atoms with van der Waals surface area (Å²) in [4.78, 5) is 26.4. The highest BCUT2D eigenvalue weighted by Gasteiger charge is 2.44. The molecule has 0 unspecified atom stereocenters. The van der Waals surface area contributed by atoms with Gasteiger partial charge in [0.15, 0.2) is 0 Å². The Balaban J connectivity index is 1.59. The van der Waals surface area contributed by atoms with Crippen molar-refractivity contribution in [2.45, 2.75) is 31.6 Å². The van der Waals surface area contributed by atoms with Crippen LogP contribution in [0.3, 0.4) is 0 Å². The molecule has 0 radical (unpaired) electrons. The molecule has 0 atom stereocenters. The maximum Gasteiger partial charge on any atom is 0.274 e. The SMILES string of the molecule is CC(=O)CN1CC2(CCN(C(=O)c3cc(C)[nH]n3)CC2)COc2ccccc2S1(=O)=O. The Labute approximate surface area is 181 Å². The minimum atomic E-state index is -3.89. The third kappa shape index (κ3) is 4.22. The Morgan fingerprint density at radius 2 is 1.94 bits per heavy atom. The first-order chi connectivity index (χ1) is 14.7. The van der Waals surface area contributed by atoms with Crippen molar-refractivity contribution in [2.24, 2.45) is 5.41 Å². The molecule has 1 aromatic carbocycles. The molecule has 2 aliphatic rings. The monoisotopic (exact) mass is 446 g/mol. The van der Waals surface area contributed by atoms with Crippen LogP contribution in [-0.2, 0) is 14.8 Å². The second-order valence-electron chi connectivity index (χ2n) is 8.44. The lowest BCUT2D eigenvalue weighted by Crippen LogP contribution is -2.53. The number of ether oxygens (including phenoxy) is 1. The summed E-state index contributed by atoms with van der Waals surface area (Å²) >= 11 is 0. The molecule has 2 aliphatic heterocycles. The number of aromatic amines is 1. The molecular weight excluding hydrogens is 420 g/mol.